The van der Waals surface area contributed by atoms with E-state index in [0.717, 1.165) is 0 Å². The normalized spacial score (nSPS) is 10.6. The maximum Gasteiger partial charge on any atom is 0.352 e. The molecule has 1 aromatic rings. The summed E-state index contributed by atoms with van der Waals surface area (Å²) >= 11 is 5.25. The zero-order chi connectivity index (χ0) is 10.9. The molecule has 0 aliphatic heterocycles. The number of carboxylic acid groups (broad SMARTS) is 1. The third-order valence-corrected chi connectivity index (χ3v) is 1.86. The Hall–Kier alpha value is -1.43. The van der Waals surface area contributed by atoms with E-state index in [2.05, 4.69) is 0 Å². The molecule has 7 heteroatoms. The number of hydrogen-bond acceptors (Lipinski definition) is 2. The van der Waals surface area contributed by atoms with Gasteiger partial charge in [-0.2, -0.15) is 0 Å². The van der Waals surface area contributed by atoms with Crippen molar-refractivity contribution in [1.29, 1.82) is 0 Å². The Morgan fingerprint density at radius 3 is 2.57 bits per heavy atom. The molecule has 0 aliphatic rings. The SMILES string of the molecule is O=C(O)c1cc(C(F)F)c(Cl)c(=O)[nH]1. The highest BCUT2D eigenvalue weighted by atomic mass is 35.5. The van der Waals surface area contributed by atoms with E-state index in [1.54, 1.807) is 0 Å². The van der Waals surface area contributed by atoms with Gasteiger partial charge in [-0.3, -0.25) is 4.79 Å². The van der Waals surface area contributed by atoms with Crippen molar-refractivity contribution in [3.05, 3.63) is 32.7 Å². The second-order valence-corrected chi connectivity index (χ2v) is 2.77. The number of carboxylic acids is 1. The predicted octanol–water partition coefficient (Wildman–Crippen LogP) is 1.66. The van der Waals surface area contributed by atoms with Crippen LogP contribution in [-0.4, -0.2) is 16.1 Å². The van der Waals surface area contributed by atoms with Gasteiger partial charge in [-0.1, -0.05) is 11.6 Å². The zero-order valence-electron chi connectivity index (χ0n) is 6.55. The largest absolute Gasteiger partial charge is 0.477 e. The lowest BCUT2D eigenvalue weighted by Crippen LogP contribution is -2.15. The molecule has 2 N–H and O–H groups in total. The van der Waals surface area contributed by atoms with Gasteiger partial charge >= 0.3 is 5.97 Å². The molecule has 0 saturated heterocycles. The van der Waals surface area contributed by atoms with Crippen LogP contribution in [0.25, 0.3) is 0 Å². The number of alkyl halides is 2. The lowest BCUT2D eigenvalue weighted by Gasteiger charge is -2.02. The number of halogens is 3. The van der Waals surface area contributed by atoms with Crippen LogP contribution in [0.2, 0.25) is 5.02 Å². The first-order valence-electron chi connectivity index (χ1n) is 3.37. The molecular formula is C7H4ClF2NO3. The van der Waals surface area contributed by atoms with Gasteiger partial charge in [0.25, 0.3) is 12.0 Å². The number of aromatic nitrogens is 1. The summed E-state index contributed by atoms with van der Waals surface area (Å²) in [6.45, 7) is 0. The summed E-state index contributed by atoms with van der Waals surface area (Å²) in [7, 11) is 0. The molecule has 76 valence electrons. The van der Waals surface area contributed by atoms with E-state index in [0.29, 0.717) is 6.07 Å². The van der Waals surface area contributed by atoms with Crippen molar-refractivity contribution < 1.29 is 18.7 Å². The molecule has 0 amide bonds. The summed E-state index contributed by atoms with van der Waals surface area (Å²) in [4.78, 5) is 23.1. The molecule has 14 heavy (non-hydrogen) atoms. The fraction of sp³-hybridized carbons (Fsp3) is 0.143. The lowest BCUT2D eigenvalue weighted by atomic mass is 10.2. The molecule has 1 rings (SSSR count). The number of pyridine rings is 1. The summed E-state index contributed by atoms with van der Waals surface area (Å²) in [6.07, 6.45) is -2.98. The van der Waals surface area contributed by atoms with Crippen LogP contribution in [0.15, 0.2) is 10.9 Å². The fourth-order valence-electron chi connectivity index (χ4n) is 0.837. The Morgan fingerprint density at radius 2 is 2.14 bits per heavy atom. The summed E-state index contributed by atoms with van der Waals surface area (Å²) < 4.78 is 24.4. The van der Waals surface area contributed by atoms with Crippen LogP contribution in [0.1, 0.15) is 22.5 Å². The number of carbonyl (C=O) groups is 1. The van der Waals surface area contributed by atoms with E-state index >= 15 is 0 Å². The average Bonchev–Trinajstić information content (AvgIpc) is 2.08. The van der Waals surface area contributed by atoms with E-state index in [-0.39, 0.29) is 0 Å². The highest BCUT2D eigenvalue weighted by Gasteiger charge is 2.18. The minimum atomic E-state index is -2.98. The molecule has 1 heterocycles. The van der Waals surface area contributed by atoms with E-state index < -0.39 is 34.2 Å². The molecule has 0 radical (unpaired) electrons. The van der Waals surface area contributed by atoms with Crippen molar-refractivity contribution in [3.63, 3.8) is 0 Å². The lowest BCUT2D eigenvalue weighted by molar-refractivity contribution is 0.0689. The molecule has 0 unspecified atom stereocenters. The number of nitrogens with one attached hydrogen (secondary N) is 1. The van der Waals surface area contributed by atoms with Gasteiger partial charge in [-0.25, -0.2) is 13.6 Å². The van der Waals surface area contributed by atoms with Crippen LogP contribution in [0.3, 0.4) is 0 Å². The van der Waals surface area contributed by atoms with Gasteiger partial charge in [0.05, 0.1) is 0 Å². The van der Waals surface area contributed by atoms with Crippen LogP contribution in [-0.2, 0) is 0 Å². The Morgan fingerprint density at radius 1 is 1.57 bits per heavy atom. The third kappa shape index (κ3) is 1.90. The maximum atomic E-state index is 12.2. The van der Waals surface area contributed by atoms with Crippen molar-refractivity contribution >= 4 is 17.6 Å². The Balaban J connectivity index is 3.43. The second-order valence-electron chi connectivity index (χ2n) is 2.39. The summed E-state index contributed by atoms with van der Waals surface area (Å²) in [5, 5.41) is 7.76. The highest BCUT2D eigenvalue weighted by molar-refractivity contribution is 6.31. The Labute approximate surface area is 81.1 Å². The minimum absolute atomic E-state index is 0.616. The topological polar surface area (TPSA) is 70.2 Å². The summed E-state index contributed by atoms with van der Waals surface area (Å²) in [5.41, 5.74) is -2.44. The first-order chi connectivity index (χ1) is 6.43. The molecule has 0 spiro atoms. The molecule has 0 fully saturated rings. The molecule has 4 nitrogen and oxygen atoms in total. The second kappa shape index (κ2) is 3.75. The number of aromatic amines is 1. The highest BCUT2D eigenvalue weighted by Crippen LogP contribution is 2.24. The first-order valence-corrected chi connectivity index (χ1v) is 3.75. The van der Waals surface area contributed by atoms with Gasteiger partial charge in [-0.05, 0) is 6.07 Å². The van der Waals surface area contributed by atoms with Gasteiger partial charge in [0.1, 0.15) is 10.7 Å². The molecular weight excluding hydrogens is 220 g/mol. The van der Waals surface area contributed by atoms with Crippen molar-refractivity contribution in [2.45, 2.75) is 6.43 Å². The van der Waals surface area contributed by atoms with E-state index in [9.17, 15) is 18.4 Å². The summed E-state index contributed by atoms with van der Waals surface area (Å²) in [5.74, 6) is -1.50. The third-order valence-electron chi connectivity index (χ3n) is 1.47. The van der Waals surface area contributed by atoms with Crippen LogP contribution in [0, 0.1) is 0 Å². The smallest absolute Gasteiger partial charge is 0.352 e. The molecule has 0 atom stereocenters. The quantitative estimate of drug-likeness (QED) is 0.801. The van der Waals surface area contributed by atoms with Crippen LogP contribution < -0.4 is 5.56 Å². The number of rotatable bonds is 2. The molecule has 0 bridgehead atoms. The molecule has 0 aromatic carbocycles. The van der Waals surface area contributed by atoms with Gasteiger partial charge in [-0.15, -0.1) is 0 Å². The van der Waals surface area contributed by atoms with Gasteiger partial charge in [0.15, 0.2) is 0 Å². The van der Waals surface area contributed by atoms with E-state index in [1.807, 2.05) is 4.98 Å². The molecule has 1 aromatic heterocycles. The van der Waals surface area contributed by atoms with E-state index in [1.165, 1.54) is 0 Å². The first kappa shape index (κ1) is 10.6. The van der Waals surface area contributed by atoms with Crippen molar-refractivity contribution in [1.82, 2.24) is 4.98 Å². The monoisotopic (exact) mass is 223 g/mol. The van der Waals surface area contributed by atoms with E-state index in [4.69, 9.17) is 16.7 Å². The van der Waals surface area contributed by atoms with Crippen molar-refractivity contribution in [2.24, 2.45) is 0 Å². The van der Waals surface area contributed by atoms with Crippen LogP contribution in [0.5, 0.6) is 0 Å². The summed E-state index contributed by atoms with van der Waals surface area (Å²) in [6, 6.07) is 0.636. The molecule has 0 saturated carbocycles. The number of H-pyrrole nitrogens is 1. The van der Waals surface area contributed by atoms with Gasteiger partial charge < -0.3 is 10.1 Å². The Bertz CT molecular complexity index is 429. The standard InChI is InChI=1S/C7H4ClF2NO3/c8-4-2(5(9)10)1-3(7(13)14)11-6(4)12/h1,5H,(H,11,12)(H,13,14). The van der Waals surface area contributed by atoms with Crippen LogP contribution in [0.4, 0.5) is 8.78 Å². The van der Waals surface area contributed by atoms with Crippen molar-refractivity contribution in [3.8, 4) is 0 Å². The fourth-order valence-corrected chi connectivity index (χ4v) is 1.02. The minimum Gasteiger partial charge on any atom is -0.477 e. The van der Waals surface area contributed by atoms with Gasteiger partial charge in [0.2, 0.25) is 0 Å². The number of hydrogen-bond donors (Lipinski definition) is 2. The average molecular weight is 224 g/mol. The van der Waals surface area contributed by atoms with Crippen LogP contribution >= 0.6 is 11.6 Å². The Kier molecular flexibility index (Phi) is 2.85. The maximum absolute atomic E-state index is 12.2. The van der Waals surface area contributed by atoms with Crippen molar-refractivity contribution in [2.75, 3.05) is 0 Å². The number of aromatic carboxylic acids is 1. The zero-order valence-corrected chi connectivity index (χ0v) is 7.31. The molecule has 0 aliphatic carbocycles. The predicted molar refractivity (Wildman–Crippen MR) is 44.0 cm³/mol. The van der Waals surface area contributed by atoms with Gasteiger partial charge in [0, 0.05) is 5.56 Å².